The van der Waals surface area contributed by atoms with Gasteiger partial charge in [0, 0.05) is 28.4 Å². The number of nitrogens with zero attached hydrogens (tertiary/aromatic N) is 2. The number of sulfone groups is 1. The first kappa shape index (κ1) is 22.3. The first-order chi connectivity index (χ1) is 13.8. The molecule has 0 bridgehead atoms. The van der Waals surface area contributed by atoms with Crippen LogP contribution in [0.2, 0.25) is 5.02 Å². The highest BCUT2D eigenvalue weighted by Gasteiger charge is 2.45. The Balaban J connectivity index is 1.89. The van der Waals surface area contributed by atoms with Crippen molar-refractivity contribution in [2.75, 3.05) is 0 Å². The van der Waals surface area contributed by atoms with Gasteiger partial charge in [0.05, 0.1) is 10.8 Å². The number of pyridine rings is 1. The summed E-state index contributed by atoms with van der Waals surface area (Å²) in [4.78, 5) is 8.75. The van der Waals surface area contributed by atoms with E-state index in [1.54, 1.807) is 12.3 Å². The van der Waals surface area contributed by atoms with Crippen molar-refractivity contribution in [3.63, 3.8) is 0 Å². The molecule has 0 spiro atoms. The Labute approximate surface area is 176 Å². The summed E-state index contributed by atoms with van der Waals surface area (Å²) < 4.78 is 66.0. The van der Waals surface area contributed by atoms with E-state index >= 15 is 0 Å². The second-order valence-electron chi connectivity index (χ2n) is 7.74. The molecule has 30 heavy (non-hydrogen) atoms. The molecule has 5 nitrogen and oxygen atoms in total. The van der Waals surface area contributed by atoms with E-state index in [0.29, 0.717) is 22.7 Å². The van der Waals surface area contributed by atoms with Crippen LogP contribution in [0.1, 0.15) is 32.0 Å². The molecule has 0 fully saturated rings. The van der Waals surface area contributed by atoms with Gasteiger partial charge < -0.3 is 4.42 Å². The monoisotopic (exact) mass is 458 g/mol. The summed E-state index contributed by atoms with van der Waals surface area (Å²) in [5.41, 5.74) is -3.22. The Morgan fingerprint density at radius 1 is 1.10 bits per heavy atom. The third-order valence-electron chi connectivity index (χ3n) is 4.30. The summed E-state index contributed by atoms with van der Waals surface area (Å²) in [6.07, 6.45) is 3.03. The SMILES string of the molecule is CC(C)(C)c1cc(-c2nc(-c3ccc(CS(=O)(=O)C(F)(F)F)cc3Cl)co2)ccn1. The van der Waals surface area contributed by atoms with Crippen LogP contribution in [0.5, 0.6) is 0 Å². The largest absolute Gasteiger partial charge is 0.497 e. The van der Waals surface area contributed by atoms with Gasteiger partial charge in [-0.15, -0.1) is 0 Å². The fourth-order valence-electron chi connectivity index (χ4n) is 2.66. The van der Waals surface area contributed by atoms with Crippen LogP contribution in [0.4, 0.5) is 13.2 Å². The summed E-state index contributed by atoms with van der Waals surface area (Å²) in [6, 6.07) is 7.47. The van der Waals surface area contributed by atoms with Crippen LogP contribution in [0.3, 0.4) is 0 Å². The van der Waals surface area contributed by atoms with Gasteiger partial charge in [-0.1, -0.05) is 44.5 Å². The normalized spacial score (nSPS) is 12.9. The maximum absolute atomic E-state index is 12.6. The van der Waals surface area contributed by atoms with Crippen molar-refractivity contribution in [3.05, 3.63) is 59.1 Å². The van der Waals surface area contributed by atoms with E-state index in [-0.39, 0.29) is 16.0 Å². The summed E-state index contributed by atoms with van der Waals surface area (Å²) in [5, 5.41) is 0.0647. The third kappa shape index (κ3) is 4.67. The minimum atomic E-state index is -5.32. The van der Waals surface area contributed by atoms with Crippen molar-refractivity contribution in [2.45, 2.75) is 37.4 Å². The second-order valence-corrected chi connectivity index (χ2v) is 10.1. The molecule has 0 aliphatic rings. The molecule has 0 aliphatic heterocycles. The number of oxazole rings is 1. The molecule has 0 atom stereocenters. The lowest BCUT2D eigenvalue weighted by atomic mass is 9.91. The van der Waals surface area contributed by atoms with Crippen molar-refractivity contribution < 1.29 is 26.0 Å². The van der Waals surface area contributed by atoms with Gasteiger partial charge in [-0.3, -0.25) is 4.98 Å². The lowest BCUT2D eigenvalue weighted by Crippen LogP contribution is -2.24. The molecule has 3 rings (SSSR count). The van der Waals surface area contributed by atoms with E-state index in [1.807, 2.05) is 26.8 Å². The lowest BCUT2D eigenvalue weighted by molar-refractivity contribution is -0.0437. The van der Waals surface area contributed by atoms with Crippen LogP contribution in [-0.2, 0) is 21.0 Å². The first-order valence-corrected chi connectivity index (χ1v) is 10.8. The molecule has 0 unspecified atom stereocenters. The van der Waals surface area contributed by atoms with E-state index in [9.17, 15) is 21.6 Å². The van der Waals surface area contributed by atoms with Gasteiger partial charge in [0.25, 0.3) is 9.84 Å². The molecule has 0 N–H and O–H groups in total. The minimum Gasteiger partial charge on any atom is -0.444 e. The van der Waals surface area contributed by atoms with E-state index in [4.69, 9.17) is 16.0 Å². The number of hydrogen-bond donors (Lipinski definition) is 0. The minimum absolute atomic E-state index is 0.0647. The summed E-state index contributed by atoms with van der Waals surface area (Å²) >= 11 is 6.18. The Bertz CT molecular complexity index is 1180. The predicted molar refractivity (Wildman–Crippen MR) is 108 cm³/mol. The highest BCUT2D eigenvalue weighted by atomic mass is 35.5. The maximum atomic E-state index is 12.6. The zero-order valence-corrected chi connectivity index (χ0v) is 17.9. The molecule has 0 saturated heterocycles. The molecule has 2 aromatic heterocycles. The van der Waals surface area contributed by atoms with Crippen LogP contribution in [0.15, 0.2) is 47.2 Å². The summed E-state index contributed by atoms with van der Waals surface area (Å²) in [7, 11) is -5.29. The number of halogens is 4. The van der Waals surface area contributed by atoms with E-state index < -0.39 is 21.1 Å². The average molecular weight is 459 g/mol. The van der Waals surface area contributed by atoms with Gasteiger partial charge in [0.1, 0.15) is 12.0 Å². The highest BCUT2D eigenvalue weighted by molar-refractivity contribution is 7.91. The molecule has 1 aromatic carbocycles. The van der Waals surface area contributed by atoms with E-state index in [0.717, 1.165) is 5.69 Å². The standard InChI is InChI=1S/C20H18ClF3N2O3S/c1-19(2,3)17-9-13(6-7-25-17)18-26-16(10-29-18)14-5-4-12(8-15(14)21)11-30(27,28)20(22,23)24/h4-10H,11H2,1-3H3. The van der Waals surface area contributed by atoms with Crippen molar-refractivity contribution in [3.8, 4) is 22.7 Å². The van der Waals surface area contributed by atoms with Crippen molar-refractivity contribution in [2.24, 2.45) is 0 Å². The summed E-state index contributed by atoms with van der Waals surface area (Å²) in [6.45, 7) is 6.08. The summed E-state index contributed by atoms with van der Waals surface area (Å²) in [5.74, 6) is -0.856. The van der Waals surface area contributed by atoms with Gasteiger partial charge >= 0.3 is 5.51 Å². The molecule has 2 heterocycles. The van der Waals surface area contributed by atoms with Crippen LogP contribution < -0.4 is 0 Å². The number of alkyl halides is 3. The third-order valence-corrected chi connectivity index (χ3v) is 6.03. The van der Waals surface area contributed by atoms with Crippen molar-refractivity contribution in [1.82, 2.24) is 9.97 Å². The molecule has 3 aromatic rings. The average Bonchev–Trinajstić information content (AvgIpc) is 3.10. The van der Waals surface area contributed by atoms with Gasteiger partial charge in [-0.25, -0.2) is 13.4 Å². The Morgan fingerprint density at radius 3 is 2.40 bits per heavy atom. The fourth-order valence-corrected chi connectivity index (χ4v) is 3.74. The first-order valence-electron chi connectivity index (χ1n) is 8.78. The highest BCUT2D eigenvalue weighted by Crippen LogP contribution is 2.33. The molecular weight excluding hydrogens is 441 g/mol. The lowest BCUT2D eigenvalue weighted by Gasteiger charge is -2.17. The van der Waals surface area contributed by atoms with Gasteiger partial charge in [-0.2, -0.15) is 13.2 Å². The van der Waals surface area contributed by atoms with Gasteiger partial charge in [0.2, 0.25) is 5.89 Å². The Kier molecular flexibility index (Phi) is 5.72. The number of benzene rings is 1. The molecular formula is C20H18ClF3N2O3S. The topological polar surface area (TPSA) is 73.1 Å². The van der Waals surface area contributed by atoms with E-state index in [2.05, 4.69) is 9.97 Å². The van der Waals surface area contributed by atoms with Crippen LogP contribution >= 0.6 is 11.6 Å². The Hall–Kier alpha value is -2.39. The molecule has 0 amide bonds. The zero-order valence-electron chi connectivity index (χ0n) is 16.3. The molecule has 0 aliphatic carbocycles. The second kappa shape index (κ2) is 7.70. The molecule has 160 valence electrons. The maximum Gasteiger partial charge on any atom is 0.497 e. The van der Waals surface area contributed by atoms with Crippen LogP contribution in [0.25, 0.3) is 22.7 Å². The quantitative estimate of drug-likeness (QED) is 0.494. The molecule has 0 radical (unpaired) electrons. The van der Waals surface area contributed by atoms with Crippen LogP contribution in [-0.4, -0.2) is 23.9 Å². The molecule has 0 saturated carbocycles. The molecule has 10 heteroatoms. The van der Waals surface area contributed by atoms with Crippen LogP contribution in [0, 0.1) is 0 Å². The van der Waals surface area contributed by atoms with E-state index in [1.165, 1.54) is 24.5 Å². The fraction of sp³-hybridized carbons (Fsp3) is 0.300. The van der Waals surface area contributed by atoms with Crippen molar-refractivity contribution in [1.29, 1.82) is 0 Å². The van der Waals surface area contributed by atoms with Gasteiger partial charge in [0.15, 0.2) is 0 Å². The van der Waals surface area contributed by atoms with Crippen molar-refractivity contribution >= 4 is 21.4 Å². The smallest absolute Gasteiger partial charge is 0.444 e. The zero-order chi connectivity index (χ0) is 22.3. The number of aromatic nitrogens is 2. The predicted octanol–water partition coefficient (Wildman–Crippen LogP) is 5.79. The number of hydrogen-bond acceptors (Lipinski definition) is 5. The number of rotatable bonds is 4. The Morgan fingerprint density at radius 2 is 1.80 bits per heavy atom. The van der Waals surface area contributed by atoms with Gasteiger partial charge in [-0.05, 0) is 23.8 Å².